The largest absolute Gasteiger partial charge is 0.379 e. The SMILES string of the molecule is O=S(=O)(CCCN1CCOCC1)NCC1CCN(c2nc3ccccc3n2Cc2ccc(F)cc2)CC1. The van der Waals surface area contributed by atoms with E-state index >= 15 is 0 Å². The third-order valence-electron chi connectivity index (χ3n) is 7.37. The Morgan fingerprint density at radius 3 is 2.49 bits per heavy atom. The molecule has 1 N–H and O–H groups in total. The molecule has 3 aromatic rings. The number of nitrogens with zero attached hydrogens (tertiary/aromatic N) is 4. The zero-order valence-electron chi connectivity index (χ0n) is 21.2. The summed E-state index contributed by atoms with van der Waals surface area (Å²) < 4.78 is 48.9. The number of nitrogens with one attached hydrogen (secondary N) is 1. The van der Waals surface area contributed by atoms with Gasteiger partial charge in [0, 0.05) is 32.7 Å². The lowest BCUT2D eigenvalue weighted by molar-refractivity contribution is 0.0381. The number of ether oxygens (including phenoxy) is 1. The second kappa shape index (κ2) is 11.9. The van der Waals surface area contributed by atoms with Crippen molar-refractivity contribution in [2.45, 2.75) is 25.8 Å². The normalized spacial score (nSPS) is 18.0. The van der Waals surface area contributed by atoms with Gasteiger partial charge in [0.25, 0.3) is 0 Å². The van der Waals surface area contributed by atoms with Crippen LogP contribution >= 0.6 is 0 Å². The van der Waals surface area contributed by atoms with E-state index in [1.807, 2.05) is 30.3 Å². The summed E-state index contributed by atoms with van der Waals surface area (Å²) in [6.07, 6.45) is 2.43. The number of aromatic nitrogens is 2. The number of anilines is 1. The lowest BCUT2D eigenvalue weighted by Crippen LogP contribution is -2.41. The number of para-hydroxylation sites is 2. The van der Waals surface area contributed by atoms with Crippen LogP contribution < -0.4 is 9.62 Å². The standard InChI is InChI=1S/C27H36FN5O3S/c28-24-8-6-23(7-9-24)21-33-26-5-2-1-4-25(26)30-27(33)32-13-10-22(11-14-32)20-29-37(34,35)19-3-12-31-15-17-36-18-16-31/h1-2,4-9,22,29H,3,10-21H2. The molecule has 8 nitrogen and oxygen atoms in total. The summed E-state index contributed by atoms with van der Waals surface area (Å²) in [7, 11) is -3.27. The summed E-state index contributed by atoms with van der Waals surface area (Å²) in [6, 6.07) is 14.7. The number of piperidine rings is 1. The molecule has 200 valence electrons. The number of hydrogen-bond donors (Lipinski definition) is 1. The molecule has 10 heteroatoms. The topological polar surface area (TPSA) is 79.7 Å². The van der Waals surface area contributed by atoms with Crippen molar-refractivity contribution in [3.05, 3.63) is 59.9 Å². The van der Waals surface area contributed by atoms with Gasteiger partial charge < -0.3 is 14.2 Å². The van der Waals surface area contributed by atoms with Crippen molar-refractivity contribution in [3.63, 3.8) is 0 Å². The van der Waals surface area contributed by atoms with Crippen LogP contribution in [-0.4, -0.2) is 81.1 Å². The molecular weight excluding hydrogens is 493 g/mol. The van der Waals surface area contributed by atoms with Gasteiger partial charge in [-0.05, 0) is 61.6 Å². The summed E-state index contributed by atoms with van der Waals surface area (Å²) in [4.78, 5) is 9.47. The fourth-order valence-corrected chi connectivity index (χ4v) is 6.33. The molecule has 2 fully saturated rings. The first-order chi connectivity index (χ1) is 18.0. The molecule has 0 saturated carbocycles. The fraction of sp³-hybridized carbons (Fsp3) is 0.519. The molecule has 37 heavy (non-hydrogen) atoms. The molecule has 5 rings (SSSR count). The van der Waals surface area contributed by atoms with E-state index in [4.69, 9.17) is 9.72 Å². The first-order valence-electron chi connectivity index (χ1n) is 13.2. The summed E-state index contributed by atoms with van der Waals surface area (Å²) in [6.45, 7) is 6.74. The van der Waals surface area contributed by atoms with Gasteiger partial charge in [0.15, 0.2) is 0 Å². The van der Waals surface area contributed by atoms with E-state index < -0.39 is 10.0 Å². The second-order valence-corrected chi connectivity index (χ2v) is 11.9. The van der Waals surface area contributed by atoms with Crippen LogP contribution in [0.3, 0.4) is 0 Å². The Labute approximate surface area is 218 Å². The van der Waals surface area contributed by atoms with Crippen molar-refractivity contribution < 1.29 is 17.5 Å². The van der Waals surface area contributed by atoms with E-state index in [0.717, 1.165) is 81.3 Å². The number of benzene rings is 2. The first kappa shape index (κ1) is 26.1. The van der Waals surface area contributed by atoms with Gasteiger partial charge in [-0.1, -0.05) is 24.3 Å². The highest BCUT2D eigenvalue weighted by Crippen LogP contribution is 2.28. The van der Waals surface area contributed by atoms with E-state index in [0.29, 0.717) is 25.4 Å². The molecular formula is C27H36FN5O3S. The van der Waals surface area contributed by atoms with Crippen LogP contribution in [0.5, 0.6) is 0 Å². The lowest BCUT2D eigenvalue weighted by atomic mass is 9.97. The number of imidazole rings is 1. The van der Waals surface area contributed by atoms with Gasteiger partial charge in [0.1, 0.15) is 5.82 Å². The van der Waals surface area contributed by atoms with Gasteiger partial charge in [0.05, 0.1) is 36.5 Å². The Kier molecular flexibility index (Phi) is 8.39. The highest BCUT2D eigenvalue weighted by atomic mass is 32.2. The Hall–Kier alpha value is -2.53. The van der Waals surface area contributed by atoms with Gasteiger partial charge in [0.2, 0.25) is 16.0 Å². The predicted octanol–water partition coefficient (Wildman–Crippen LogP) is 3.08. The van der Waals surface area contributed by atoms with E-state index in [1.54, 1.807) is 0 Å². The Balaban J connectivity index is 1.15. The van der Waals surface area contributed by atoms with Crippen LogP contribution in [0.2, 0.25) is 0 Å². The summed E-state index contributed by atoms with van der Waals surface area (Å²) in [5.41, 5.74) is 3.00. The quantitative estimate of drug-likeness (QED) is 0.435. The van der Waals surface area contributed by atoms with Crippen LogP contribution in [0.4, 0.5) is 10.3 Å². The van der Waals surface area contributed by atoms with Gasteiger partial charge in [-0.25, -0.2) is 22.5 Å². The summed E-state index contributed by atoms with van der Waals surface area (Å²) >= 11 is 0. The van der Waals surface area contributed by atoms with Crippen molar-refractivity contribution in [1.29, 1.82) is 0 Å². The van der Waals surface area contributed by atoms with Crippen LogP contribution in [0.25, 0.3) is 11.0 Å². The maximum absolute atomic E-state index is 13.4. The number of rotatable bonds is 10. The molecule has 0 atom stereocenters. The van der Waals surface area contributed by atoms with Crippen LogP contribution in [0.15, 0.2) is 48.5 Å². The zero-order chi connectivity index (χ0) is 25.7. The smallest absolute Gasteiger partial charge is 0.211 e. The van der Waals surface area contributed by atoms with Crippen LogP contribution in [0, 0.1) is 11.7 Å². The monoisotopic (exact) mass is 529 g/mol. The lowest BCUT2D eigenvalue weighted by Gasteiger charge is -2.33. The van der Waals surface area contributed by atoms with E-state index in [9.17, 15) is 12.8 Å². The minimum absolute atomic E-state index is 0.163. The van der Waals surface area contributed by atoms with E-state index in [2.05, 4.69) is 25.2 Å². The number of fused-ring (bicyclic) bond motifs is 1. The molecule has 2 aliphatic heterocycles. The molecule has 3 heterocycles. The van der Waals surface area contributed by atoms with Crippen molar-refractivity contribution in [1.82, 2.24) is 19.2 Å². The number of sulfonamides is 1. The Morgan fingerprint density at radius 1 is 1.00 bits per heavy atom. The maximum atomic E-state index is 13.4. The van der Waals surface area contributed by atoms with Crippen molar-refractivity contribution in [2.75, 3.05) is 63.1 Å². The molecule has 2 saturated heterocycles. The molecule has 0 amide bonds. The molecule has 0 spiro atoms. The average Bonchev–Trinajstić information content (AvgIpc) is 3.28. The minimum atomic E-state index is -3.27. The van der Waals surface area contributed by atoms with Crippen molar-refractivity contribution in [2.24, 2.45) is 5.92 Å². The third kappa shape index (κ3) is 6.87. The van der Waals surface area contributed by atoms with Crippen LogP contribution in [-0.2, 0) is 21.3 Å². The fourth-order valence-electron chi connectivity index (χ4n) is 5.19. The molecule has 0 bridgehead atoms. The molecule has 0 unspecified atom stereocenters. The molecule has 2 aliphatic rings. The second-order valence-electron chi connectivity index (χ2n) is 10.0. The maximum Gasteiger partial charge on any atom is 0.211 e. The first-order valence-corrected chi connectivity index (χ1v) is 14.8. The average molecular weight is 530 g/mol. The van der Waals surface area contributed by atoms with Gasteiger partial charge in [-0.15, -0.1) is 0 Å². The predicted molar refractivity (Wildman–Crippen MR) is 144 cm³/mol. The molecule has 0 radical (unpaired) electrons. The number of hydrogen-bond acceptors (Lipinski definition) is 6. The van der Waals surface area contributed by atoms with Crippen LogP contribution in [0.1, 0.15) is 24.8 Å². The highest BCUT2D eigenvalue weighted by molar-refractivity contribution is 7.89. The van der Waals surface area contributed by atoms with E-state index in [1.165, 1.54) is 12.1 Å². The number of halogens is 1. The van der Waals surface area contributed by atoms with E-state index in [-0.39, 0.29) is 11.6 Å². The van der Waals surface area contributed by atoms with Gasteiger partial charge >= 0.3 is 0 Å². The summed E-state index contributed by atoms with van der Waals surface area (Å²) in [5.74, 6) is 1.14. The molecule has 2 aromatic carbocycles. The molecule has 0 aliphatic carbocycles. The Morgan fingerprint density at radius 2 is 1.73 bits per heavy atom. The van der Waals surface area contributed by atoms with Crippen molar-refractivity contribution >= 4 is 27.0 Å². The highest BCUT2D eigenvalue weighted by Gasteiger charge is 2.25. The number of morpholine rings is 1. The zero-order valence-corrected chi connectivity index (χ0v) is 22.0. The summed E-state index contributed by atoms with van der Waals surface area (Å²) in [5, 5.41) is 0. The minimum Gasteiger partial charge on any atom is -0.379 e. The third-order valence-corrected chi connectivity index (χ3v) is 8.80. The van der Waals surface area contributed by atoms with Crippen molar-refractivity contribution in [3.8, 4) is 0 Å². The van der Waals surface area contributed by atoms with Gasteiger partial charge in [-0.3, -0.25) is 4.90 Å². The molecule has 1 aromatic heterocycles. The van der Waals surface area contributed by atoms with Gasteiger partial charge in [-0.2, -0.15) is 0 Å². The Bertz CT molecular complexity index is 1270.